The molecule has 0 saturated carbocycles. The Morgan fingerprint density at radius 2 is 1.59 bits per heavy atom. The molecule has 152 valence electrons. The van der Waals surface area contributed by atoms with Gasteiger partial charge in [0.15, 0.2) is 11.5 Å². The number of methoxy groups -OCH3 is 2. The summed E-state index contributed by atoms with van der Waals surface area (Å²) in [6, 6.07) is 12.6. The monoisotopic (exact) mass is 412 g/mol. The Labute approximate surface area is 175 Å². The molecule has 2 amide bonds. The maximum Gasteiger partial charge on any atom is 0.272 e. The zero-order valence-corrected chi connectivity index (χ0v) is 18.0. The molecule has 0 atom stereocenters. The van der Waals surface area contributed by atoms with Crippen LogP contribution in [-0.4, -0.2) is 45.9 Å². The van der Waals surface area contributed by atoms with E-state index < -0.39 is 0 Å². The molecular weight excluding hydrogens is 388 g/mol. The second-order valence-corrected chi connectivity index (χ2v) is 7.84. The lowest BCUT2D eigenvalue weighted by atomic mass is 10.1. The highest BCUT2D eigenvalue weighted by Gasteiger charge is 2.40. The van der Waals surface area contributed by atoms with Crippen LogP contribution in [0.4, 0.5) is 11.4 Å². The van der Waals surface area contributed by atoms with Gasteiger partial charge < -0.3 is 14.4 Å². The smallest absolute Gasteiger partial charge is 0.272 e. The molecule has 1 aliphatic rings. The molecule has 29 heavy (non-hydrogen) atoms. The first-order chi connectivity index (χ1) is 13.9. The van der Waals surface area contributed by atoms with Crippen molar-refractivity contribution in [1.29, 1.82) is 0 Å². The normalized spacial score (nSPS) is 13.9. The van der Waals surface area contributed by atoms with Gasteiger partial charge in [-0.25, -0.2) is 4.90 Å². The number of nitrogens with zero attached hydrogens (tertiary/aromatic N) is 2. The van der Waals surface area contributed by atoms with E-state index >= 15 is 0 Å². The predicted molar refractivity (Wildman–Crippen MR) is 118 cm³/mol. The largest absolute Gasteiger partial charge is 0.493 e. The fourth-order valence-corrected chi connectivity index (χ4v) is 4.02. The molecule has 0 aromatic heterocycles. The minimum atomic E-state index is -0.337. The van der Waals surface area contributed by atoms with E-state index in [4.69, 9.17) is 9.47 Å². The molecule has 0 aliphatic carbocycles. The van der Waals surface area contributed by atoms with E-state index in [0.29, 0.717) is 39.0 Å². The minimum absolute atomic E-state index is 0.302. The van der Waals surface area contributed by atoms with Crippen molar-refractivity contribution in [1.82, 2.24) is 0 Å². The fraction of sp³-hybridized carbons (Fsp3) is 0.273. The van der Waals surface area contributed by atoms with Crippen LogP contribution in [0.15, 0.2) is 47.4 Å². The topological polar surface area (TPSA) is 59.1 Å². The standard InChI is InChI=1S/C22H24N2O4S/c1-6-29-20-19(14-7-12-17(27-4)18(13-14)28-5)21(25)24(22(20)26)16-10-8-15(9-11-16)23(2)3/h7-13H,6H2,1-5H3. The number of carbonyl (C=O) groups excluding carboxylic acids is 2. The summed E-state index contributed by atoms with van der Waals surface area (Å²) in [5.41, 5.74) is 2.56. The van der Waals surface area contributed by atoms with E-state index in [-0.39, 0.29) is 11.8 Å². The van der Waals surface area contributed by atoms with Gasteiger partial charge in [-0.05, 0) is 47.7 Å². The van der Waals surface area contributed by atoms with Crippen LogP contribution in [0.25, 0.3) is 5.57 Å². The summed E-state index contributed by atoms with van der Waals surface area (Å²) in [6.45, 7) is 1.95. The minimum Gasteiger partial charge on any atom is -0.493 e. The number of hydrogen-bond donors (Lipinski definition) is 0. The molecule has 1 heterocycles. The Bertz CT molecular complexity index is 967. The Hall–Kier alpha value is -2.93. The number of imide groups is 1. The maximum absolute atomic E-state index is 13.3. The van der Waals surface area contributed by atoms with Gasteiger partial charge in [-0.2, -0.15) is 0 Å². The first-order valence-corrected chi connectivity index (χ1v) is 10.2. The van der Waals surface area contributed by atoms with Crippen LogP contribution < -0.4 is 19.3 Å². The third kappa shape index (κ3) is 3.82. The molecule has 2 aromatic rings. The molecule has 0 N–H and O–H groups in total. The number of rotatable bonds is 7. The van der Waals surface area contributed by atoms with Crippen molar-refractivity contribution in [3.63, 3.8) is 0 Å². The summed E-state index contributed by atoms with van der Waals surface area (Å²) in [7, 11) is 6.97. The Morgan fingerprint density at radius 1 is 0.931 bits per heavy atom. The van der Waals surface area contributed by atoms with Crippen molar-refractivity contribution < 1.29 is 19.1 Å². The molecule has 6 nitrogen and oxygen atoms in total. The molecule has 0 unspecified atom stereocenters. The quantitative estimate of drug-likeness (QED) is 0.645. The van der Waals surface area contributed by atoms with Gasteiger partial charge >= 0.3 is 0 Å². The number of anilines is 2. The lowest BCUT2D eigenvalue weighted by molar-refractivity contribution is -0.119. The summed E-state index contributed by atoms with van der Waals surface area (Å²) in [5.74, 6) is 1.11. The van der Waals surface area contributed by atoms with Gasteiger partial charge in [0.05, 0.1) is 30.4 Å². The third-order valence-corrected chi connectivity index (χ3v) is 5.58. The fourth-order valence-electron chi connectivity index (χ4n) is 3.17. The number of hydrogen-bond acceptors (Lipinski definition) is 6. The van der Waals surface area contributed by atoms with E-state index in [9.17, 15) is 9.59 Å². The van der Waals surface area contributed by atoms with Crippen LogP contribution in [0, 0.1) is 0 Å². The second kappa shape index (κ2) is 8.61. The Balaban J connectivity index is 2.06. The van der Waals surface area contributed by atoms with E-state index in [2.05, 4.69) is 0 Å². The molecule has 7 heteroatoms. The predicted octanol–water partition coefficient (Wildman–Crippen LogP) is 3.81. The van der Waals surface area contributed by atoms with Crippen LogP contribution in [0.1, 0.15) is 12.5 Å². The highest BCUT2D eigenvalue weighted by molar-refractivity contribution is 8.04. The van der Waals surface area contributed by atoms with Crippen LogP contribution in [0.5, 0.6) is 11.5 Å². The van der Waals surface area contributed by atoms with Crippen LogP contribution in [0.3, 0.4) is 0 Å². The summed E-state index contributed by atoms with van der Waals surface area (Å²) >= 11 is 1.37. The van der Waals surface area contributed by atoms with Gasteiger partial charge in [0.2, 0.25) is 0 Å². The van der Waals surface area contributed by atoms with Gasteiger partial charge in [-0.15, -0.1) is 11.8 Å². The van der Waals surface area contributed by atoms with Crippen molar-refractivity contribution in [2.24, 2.45) is 0 Å². The van der Waals surface area contributed by atoms with Crippen molar-refractivity contribution in [3.8, 4) is 11.5 Å². The molecular formula is C22H24N2O4S. The number of benzene rings is 2. The van der Waals surface area contributed by atoms with E-state index in [1.54, 1.807) is 37.4 Å². The summed E-state index contributed by atoms with van der Waals surface area (Å²) < 4.78 is 10.7. The molecule has 3 rings (SSSR count). The third-order valence-electron chi connectivity index (χ3n) is 4.63. The zero-order valence-electron chi connectivity index (χ0n) is 17.2. The zero-order chi connectivity index (χ0) is 21.1. The van der Waals surface area contributed by atoms with E-state index in [1.807, 2.05) is 38.1 Å². The van der Waals surface area contributed by atoms with Crippen molar-refractivity contribution >= 4 is 40.5 Å². The summed E-state index contributed by atoms with van der Waals surface area (Å²) in [4.78, 5) is 30.1. The number of amides is 2. The van der Waals surface area contributed by atoms with Crippen molar-refractivity contribution in [3.05, 3.63) is 52.9 Å². The van der Waals surface area contributed by atoms with Crippen LogP contribution in [0.2, 0.25) is 0 Å². The Morgan fingerprint density at radius 3 is 2.14 bits per heavy atom. The molecule has 2 aromatic carbocycles. The molecule has 0 radical (unpaired) electrons. The average molecular weight is 413 g/mol. The second-order valence-electron chi connectivity index (χ2n) is 6.56. The van der Waals surface area contributed by atoms with Gasteiger partial charge in [0.25, 0.3) is 11.8 Å². The van der Waals surface area contributed by atoms with Crippen LogP contribution >= 0.6 is 11.8 Å². The Kier molecular flexibility index (Phi) is 6.17. The number of thioether (sulfide) groups is 1. The lowest BCUT2D eigenvalue weighted by Crippen LogP contribution is -2.31. The number of carbonyl (C=O) groups is 2. The molecule has 0 saturated heterocycles. The molecule has 0 spiro atoms. The molecule has 0 fully saturated rings. The van der Waals surface area contributed by atoms with Gasteiger partial charge in [0, 0.05) is 19.8 Å². The van der Waals surface area contributed by atoms with Gasteiger partial charge in [0.1, 0.15) is 0 Å². The van der Waals surface area contributed by atoms with E-state index in [0.717, 1.165) is 5.69 Å². The highest BCUT2D eigenvalue weighted by atomic mass is 32.2. The van der Waals surface area contributed by atoms with Crippen molar-refractivity contribution in [2.45, 2.75) is 6.92 Å². The molecule has 0 bridgehead atoms. The van der Waals surface area contributed by atoms with Crippen molar-refractivity contribution in [2.75, 3.05) is 43.9 Å². The van der Waals surface area contributed by atoms with E-state index in [1.165, 1.54) is 23.8 Å². The first kappa shape index (κ1) is 20.8. The highest BCUT2D eigenvalue weighted by Crippen LogP contribution is 2.40. The first-order valence-electron chi connectivity index (χ1n) is 9.18. The molecule has 1 aliphatic heterocycles. The summed E-state index contributed by atoms with van der Waals surface area (Å²) in [6.07, 6.45) is 0. The average Bonchev–Trinajstić information content (AvgIpc) is 2.97. The number of ether oxygens (including phenoxy) is 2. The SMILES string of the molecule is CCSC1=C(c2ccc(OC)c(OC)c2)C(=O)N(c2ccc(N(C)C)cc2)C1=O. The van der Waals surface area contributed by atoms with Gasteiger partial charge in [-0.3, -0.25) is 9.59 Å². The summed E-state index contributed by atoms with van der Waals surface area (Å²) in [5, 5.41) is 0. The van der Waals surface area contributed by atoms with Crippen LogP contribution in [-0.2, 0) is 9.59 Å². The van der Waals surface area contributed by atoms with Gasteiger partial charge in [-0.1, -0.05) is 13.0 Å². The lowest BCUT2D eigenvalue weighted by Gasteiger charge is -2.18. The maximum atomic E-state index is 13.3.